The second-order valence-electron chi connectivity index (χ2n) is 9.10. The maximum atomic E-state index is 12.7. The number of carbonyl (C=O) groups excluding carboxylic acids is 3. The molecule has 3 unspecified atom stereocenters. The minimum absolute atomic E-state index is 0.0578. The van der Waals surface area contributed by atoms with Gasteiger partial charge in [0.05, 0.1) is 19.2 Å². The molecule has 8 nitrogen and oxygen atoms in total. The van der Waals surface area contributed by atoms with E-state index in [0.29, 0.717) is 44.5 Å². The lowest BCUT2D eigenvalue weighted by Gasteiger charge is -2.40. The van der Waals surface area contributed by atoms with Gasteiger partial charge in [0, 0.05) is 37.2 Å². The average molecular weight is 443 g/mol. The highest BCUT2D eigenvalue weighted by molar-refractivity contribution is 5.98. The molecule has 1 saturated carbocycles. The Kier molecular flexibility index (Phi) is 7.29. The molecule has 3 amide bonds. The van der Waals surface area contributed by atoms with E-state index in [0.717, 1.165) is 25.0 Å². The molecule has 174 valence electrons. The Morgan fingerprint density at radius 3 is 2.53 bits per heavy atom. The number of methoxy groups -OCH3 is 1. The number of hydrogen-bond donors (Lipinski definition) is 3. The van der Waals surface area contributed by atoms with Gasteiger partial charge in [-0.15, -0.1) is 0 Å². The first kappa shape index (κ1) is 22.6. The summed E-state index contributed by atoms with van der Waals surface area (Å²) in [6.07, 6.45) is 6.21. The van der Waals surface area contributed by atoms with Crippen LogP contribution in [0.4, 0.5) is 4.79 Å². The summed E-state index contributed by atoms with van der Waals surface area (Å²) >= 11 is 0. The molecule has 2 saturated heterocycles. The molecule has 1 aromatic carbocycles. The van der Waals surface area contributed by atoms with Crippen LogP contribution in [0.1, 0.15) is 55.3 Å². The Bertz CT molecular complexity index is 820. The molecule has 0 aromatic heterocycles. The van der Waals surface area contributed by atoms with Crippen molar-refractivity contribution < 1.29 is 19.1 Å². The zero-order valence-corrected chi connectivity index (χ0v) is 18.8. The molecule has 3 atom stereocenters. The largest absolute Gasteiger partial charge is 0.497 e. The first-order valence-corrected chi connectivity index (χ1v) is 11.8. The van der Waals surface area contributed by atoms with Gasteiger partial charge in [-0.3, -0.25) is 14.9 Å². The van der Waals surface area contributed by atoms with E-state index in [2.05, 4.69) is 16.0 Å². The number of fused-ring (bicyclic) bond motifs is 1. The summed E-state index contributed by atoms with van der Waals surface area (Å²) in [6.45, 7) is 1.64. The van der Waals surface area contributed by atoms with Gasteiger partial charge in [0.2, 0.25) is 5.91 Å². The molecule has 32 heavy (non-hydrogen) atoms. The number of piperidine rings is 1. The fourth-order valence-corrected chi connectivity index (χ4v) is 5.15. The number of hydrogen-bond acceptors (Lipinski definition) is 5. The summed E-state index contributed by atoms with van der Waals surface area (Å²) in [7, 11) is 1.60. The third-order valence-corrected chi connectivity index (χ3v) is 7.07. The topological polar surface area (TPSA) is 99.8 Å². The van der Waals surface area contributed by atoms with Crippen molar-refractivity contribution in [3.05, 3.63) is 29.8 Å². The number of likely N-dealkylation sites (tertiary alicyclic amines) is 1. The molecule has 3 N–H and O–H groups in total. The zero-order chi connectivity index (χ0) is 22.5. The van der Waals surface area contributed by atoms with Gasteiger partial charge >= 0.3 is 6.03 Å². The Balaban J connectivity index is 1.18. The Hall–Kier alpha value is -2.61. The van der Waals surface area contributed by atoms with Crippen molar-refractivity contribution in [1.82, 2.24) is 20.9 Å². The Morgan fingerprint density at radius 1 is 1.09 bits per heavy atom. The normalized spacial score (nSPS) is 26.1. The van der Waals surface area contributed by atoms with Crippen LogP contribution in [0.5, 0.6) is 5.75 Å². The quantitative estimate of drug-likeness (QED) is 0.587. The van der Waals surface area contributed by atoms with E-state index in [1.54, 1.807) is 36.3 Å². The maximum absolute atomic E-state index is 12.7. The third kappa shape index (κ3) is 5.23. The van der Waals surface area contributed by atoms with E-state index in [1.807, 2.05) is 0 Å². The smallest absolute Gasteiger partial charge is 0.317 e. The lowest BCUT2D eigenvalue weighted by atomic mass is 9.82. The van der Waals surface area contributed by atoms with Crippen molar-refractivity contribution >= 4 is 17.7 Å². The van der Waals surface area contributed by atoms with Crippen molar-refractivity contribution in [1.29, 1.82) is 0 Å². The number of rotatable bonds is 6. The molecule has 2 aliphatic heterocycles. The van der Waals surface area contributed by atoms with Crippen LogP contribution in [0.15, 0.2) is 24.3 Å². The van der Waals surface area contributed by atoms with E-state index in [1.165, 1.54) is 6.42 Å². The van der Waals surface area contributed by atoms with Gasteiger partial charge in [-0.25, -0.2) is 4.79 Å². The van der Waals surface area contributed by atoms with E-state index in [-0.39, 0.29) is 41.8 Å². The predicted octanol–water partition coefficient (Wildman–Crippen LogP) is 2.29. The second kappa shape index (κ2) is 10.3. The molecule has 4 rings (SSSR count). The van der Waals surface area contributed by atoms with Gasteiger partial charge in [-0.1, -0.05) is 12.8 Å². The number of urea groups is 1. The fraction of sp³-hybridized carbons (Fsp3) is 0.625. The predicted molar refractivity (Wildman–Crippen MR) is 120 cm³/mol. The number of nitrogens with one attached hydrogen (secondary N) is 3. The monoisotopic (exact) mass is 442 g/mol. The van der Waals surface area contributed by atoms with Crippen molar-refractivity contribution in [3.8, 4) is 5.75 Å². The third-order valence-electron chi connectivity index (χ3n) is 7.07. The van der Waals surface area contributed by atoms with Crippen LogP contribution in [0.3, 0.4) is 0 Å². The number of carbonyl (C=O) groups is 3. The van der Waals surface area contributed by atoms with Crippen LogP contribution >= 0.6 is 0 Å². The molecule has 8 heteroatoms. The molecule has 0 bridgehead atoms. The van der Waals surface area contributed by atoms with Gasteiger partial charge in [0.25, 0.3) is 0 Å². The van der Waals surface area contributed by atoms with Gasteiger partial charge in [-0.2, -0.15) is 0 Å². The molecule has 2 heterocycles. The van der Waals surface area contributed by atoms with Gasteiger partial charge in [-0.05, 0) is 56.4 Å². The number of ether oxygens (including phenoxy) is 1. The number of Topliss-reactive ketones (excluding diaryl/α,β-unsaturated/α-hetero) is 1. The number of ketones is 1. The van der Waals surface area contributed by atoms with E-state index in [4.69, 9.17) is 4.74 Å². The lowest BCUT2D eigenvalue weighted by molar-refractivity contribution is -0.130. The minimum Gasteiger partial charge on any atom is -0.497 e. The van der Waals surface area contributed by atoms with Crippen LogP contribution in [-0.4, -0.2) is 61.6 Å². The van der Waals surface area contributed by atoms with Crippen molar-refractivity contribution in [2.75, 3.05) is 26.7 Å². The summed E-state index contributed by atoms with van der Waals surface area (Å²) in [5.74, 6) is 1.05. The van der Waals surface area contributed by atoms with E-state index < -0.39 is 0 Å². The van der Waals surface area contributed by atoms with E-state index in [9.17, 15) is 14.4 Å². The van der Waals surface area contributed by atoms with Gasteiger partial charge < -0.3 is 20.3 Å². The number of nitrogens with zero attached hydrogens (tertiary/aromatic N) is 1. The van der Waals surface area contributed by atoms with Crippen molar-refractivity contribution in [2.45, 2.75) is 57.2 Å². The summed E-state index contributed by atoms with van der Waals surface area (Å²) in [4.78, 5) is 39.4. The standard InChI is InChI=1S/C24H34N4O4/c1-32-18-8-6-16(7-9-18)22(29)17-11-14-28(15-12-17)24(31)25-13-10-21-26-20-5-3-2-4-19(20)23(30)27-21/h6-9,17,19-21,26H,2-5,10-15H2,1H3,(H,25,31)(H,27,30). The first-order valence-electron chi connectivity index (χ1n) is 11.8. The molecule has 0 spiro atoms. The second-order valence-corrected chi connectivity index (χ2v) is 9.10. The maximum Gasteiger partial charge on any atom is 0.317 e. The highest BCUT2D eigenvalue weighted by atomic mass is 16.5. The first-order chi connectivity index (χ1) is 15.5. The van der Waals surface area contributed by atoms with Crippen molar-refractivity contribution in [3.63, 3.8) is 0 Å². The molecule has 0 radical (unpaired) electrons. The summed E-state index contributed by atoms with van der Waals surface area (Å²) < 4.78 is 5.15. The van der Waals surface area contributed by atoms with Crippen LogP contribution in [0.25, 0.3) is 0 Å². The van der Waals surface area contributed by atoms with Crippen LogP contribution in [0, 0.1) is 11.8 Å². The average Bonchev–Trinajstić information content (AvgIpc) is 2.84. The number of benzene rings is 1. The summed E-state index contributed by atoms with van der Waals surface area (Å²) in [6, 6.07) is 7.36. The highest BCUT2D eigenvalue weighted by Crippen LogP contribution is 2.27. The molecule has 1 aromatic rings. The fourth-order valence-electron chi connectivity index (χ4n) is 5.15. The minimum atomic E-state index is -0.0991. The summed E-state index contributed by atoms with van der Waals surface area (Å²) in [5, 5.41) is 9.56. The Labute approximate surface area is 189 Å². The van der Waals surface area contributed by atoms with Crippen LogP contribution < -0.4 is 20.7 Å². The summed E-state index contributed by atoms with van der Waals surface area (Å²) in [5.41, 5.74) is 0.691. The molecular formula is C24H34N4O4. The highest BCUT2D eigenvalue weighted by Gasteiger charge is 2.37. The lowest BCUT2D eigenvalue weighted by Crippen LogP contribution is -2.62. The van der Waals surface area contributed by atoms with Crippen LogP contribution in [0.2, 0.25) is 0 Å². The van der Waals surface area contributed by atoms with E-state index >= 15 is 0 Å². The molecule has 3 aliphatic rings. The molecular weight excluding hydrogens is 408 g/mol. The van der Waals surface area contributed by atoms with Crippen LogP contribution in [-0.2, 0) is 4.79 Å². The van der Waals surface area contributed by atoms with Gasteiger partial charge in [0.15, 0.2) is 5.78 Å². The SMILES string of the molecule is COc1ccc(C(=O)C2CCN(C(=O)NCCC3NC(=O)C4CCCCC4N3)CC2)cc1. The Morgan fingerprint density at radius 2 is 1.81 bits per heavy atom. The molecule has 1 aliphatic carbocycles. The van der Waals surface area contributed by atoms with Gasteiger partial charge in [0.1, 0.15) is 5.75 Å². The zero-order valence-electron chi connectivity index (χ0n) is 18.8. The molecule has 3 fully saturated rings. The number of amides is 3. The van der Waals surface area contributed by atoms with Crippen molar-refractivity contribution in [2.24, 2.45) is 11.8 Å².